The molecule has 0 radical (unpaired) electrons. The molecule has 0 atom stereocenters. The highest BCUT2D eigenvalue weighted by atomic mass is 32.1. The summed E-state index contributed by atoms with van der Waals surface area (Å²) in [6.45, 7) is -0.00166. The molecule has 0 aliphatic rings. The van der Waals surface area contributed by atoms with Gasteiger partial charge in [-0.2, -0.15) is 0 Å². The number of para-hydroxylation sites is 1. The van der Waals surface area contributed by atoms with Gasteiger partial charge in [0.1, 0.15) is 18.1 Å². The van der Waals surface area contributed by atoms with Gasteiger partial charge in [0.05, 0.1) is 30.5 Å². The van der Waals surface area contributed by atoms with Gasteiger partial charge in [0.2, 0.25) is 11.9 Å². The Kier molecular flexibility index (Phi) is 7.14. The molecule has 9 heteroatoms. The number of ether oxygens (including phenoxy) is 1. The number of carbonyl (C=O) groups excluding carboxylic acids is 2. The average Bonchev–Trinajstić information content (AvgIpc) is 3.71. The lowest BCUT2D eigenvalue weighted by atomic mass is 10.1. The minimum atomic E-state index is -0.375. The number of furan rings is 1. The van der Waals surface area contributed by atoms with Crippen LogP contribution < -0.4 is 10.1 Å². The predicted octanol–water partition coefficient (Wildman–Crippen LogP) is 5.48. The van der Waals surface area contributed by atoms with Crippen molar-refractivity contribution in [2.45, 2.75) is 6.54 Å². The Morgan fingerprint density at radius 3 is 2.51 bits per heavy atom. The molecule has 1 N–H and O–H groups in total. The quantitative estimate of drug-likeness (QED) is 0.282. The van der Waals surface area contributed by atoms with Crippen molar-refractivity contribution in [2.24, 2.45) is 0 Å². The fraction of sp³-hybridized carbons (Fsp3) is 0.107. The molecule has 0 saturated heterocycles. The zero-order chi connectivity index (χ0) is 25.6. The number of rotatable bonds is 9. The van der Waals surface area contributed by atoms with Crippen molar-refractivity contribution in [1.82, 2.24) is 14.5 Å². The highest BCUT2D eigenvalue weighted by molar-refractivity contribution is 7.12. The van der Waals surface area contributed by atoms with E-state index in [0.717, 1.165) is 17.0 Å². The molecule has 0 fully saturated rings. The minimum absolute atomic E-state index is 0.168. The number of imidazole rings is 1. The summed E-state index contributed by atoms with van der Waals surface area (Å²) in [5.41, 5.74) is 2.40. The highest BCUT2D eigenvalue weighted by Gasteiger charge is 2.22. The number of anilines is 1. The van der Waals surface area contributed by atoms with Crippen molar-refractivity contribution >= 4 is 29.1 Å². The van der Waals surface area contributed by atoms with Crippen molar-refractivity contribution in [3.05, 3.63) is 107 Å². The second-order valence-electron chi connectivity index (χ2n) is 8.15. The summed E-state index contributed by atoms with van der Waals surface area (Å²) in [5, 5.41) is 4.73. The highest BCUT2D eigenvalue weighted by Crippen LogP contribution is 2.26. The van der Waals surface area contributed by atoms with Gasteiger partial charge < -0.3 is 14.1 Å². The number of hydrogen-bond donors (Lipinski definition) is 1. The van der Waals surface area contributed by atoms with Gasteiger partial charge in [-0.05, 0) is 60.0 Å². The number of nitrogens with zero attached hydrogens (tertiary/aromatic N) is 3. The van der Waals surface area contributed by atoms with Gasteiger partial charge in [-0.1, -0.05) is 24.3 Å². The van der Waals surface area contributed by atoms with Crippen molar-refractivity contribution in [1.29, 1.82) is 0 Å². The zero-order valence-electron chi connectivity index (χ0n) is 20.0. The van der Waals surface area contributed by atoms with Crippen LogP contribution in [0.1, 0.15) is 15.4 Å². The lowest BCUT2D eigenvalue weighted by Crippen LogP contribution is -2.37. The van der Waals surface area contributed by atoms with Gasteiger partial charge in [0, 0.05) is 17.4 Å². The first kappa shape index (κ1) is 24.1. The molecule has 0 saturated carbocycles. The Morgan fingerprint density at radius 2 is 1.84 bits per heavy atom. The SMILES string of the molecule is COc1ccc(-c2cn(-c3ccccc3)c(NC(=O)CN(Cc3ccco3)C(=O)c3cccs3)n2)cc1. The largest absolute Gasteiger partial charge is 0.497 e. The maximum absolute atomic E-state index is 13.2. The van der Waals surface area contributed by atoms with Crippen LogP contribution in [0.3, 0.4) is 0 Å². The van der Waals surface area contributed by atoms with Gasteiger partial charge in [-0.3, -0.25) is 19.5 Å². The summed E-state index contributed by atoms with van der Waals surface area (Å²) in [7, 11) is 1.62. The molecule has 0 spiro atoms. The molecular formula is C28H24N4O4S. The smallest absolute Gasteiger partial charge is 0.264 e. The van der Waals surface area contributed by atoms with E-state index in [2.05, 4.69) is 5.32 Å². The van der Waals surface area contributed by atoms with Gasteiger partial charge >= 0.3 is 0 Å². The third kappa shape index (κ3) is 5.62. The van der Waals surface area contributed by atoms with E-state index >= 15 is 0 Å². The molecule has 5 rings (SSSR count). The lowest BCUT2D eigenvalue weighted by Gasteiger charge is -2.20. The standard InChI is InChI=1S/C28H24N4O4S/c1-35-22-13-11-20(12-14-22)24-18-32(21-7-3-2-4-8-21)28(29-24)30-26(33)19-31(17-23-9-5-15-36-23)27(34)25-10-6-16-37-25/h2-16,18H,17,19H2,1H3,(H,29,30,33). The summed E-state index contributed by atoms with van der Waals surface area (Å²) in [6.07, 6.45) is 3.41. The zero-order valence-corrected chi connectivity index (χ0v) is 20.9. The topological polar surface area (TPSA) is 89.6 Å². The number of benzene rings is 2. The van der Waals surface area contributed by atoms with Gasteiger partial charge in [-0.25, -0.2) is 4.98 Å². The molecule has 0 bridgehead atoms. The summed E-state index contributed by atoms with van der Waals surface area (Å²) in [5.74, 6) is 1.06. The van der Waals surface area contributed by atoms with E-state index in [9.17, 15) is 9.59 Å². The molecule has 186 valence electrons. The first-order chi connectivity index (χ1) is 18.1. The van der Waals surface area contributed by atoms with Crippen LogP contribution in [0.5, 0.6) is 5.75 Å². The molecule has 37 heavy (non-hydrogen) atoms. The summed E-state index contributed by atoms with van der Waals surface area (Å²) < 4.78 is 12.5. The molecule has 8 nitrogen and oxygen atoms in total. The number of aromatic nitrogens is 2. The number of hydrogen-bond acceptors (Lipinski definition) is 6. The molecule has 0 aliphatic heterocycles. The van der Waals surface area contributed by atoms with Crippen LogP contribution >= 0.6 is 11.3 Å². The maximum Gasteiger partial charge on any atom is 0.264 e. The van der Waals surface area contributed by atoms with E-state index in [0.29, 0.717) is 22.3 Å². The van der Waals surface area contributed by atoms with E-state index in [1.165, 1.54) is 16.2 Å². The van der Waals surface area contributed by atoms with Gasteiger partial charge in [-0.15, -0.1) is 11.3 Å². The first-order valence-electron chi connectivity index (χ1n) is 11.5. The van der Waals surface area contributed by atoms with E-state index in [1.54, 1.807) is 37.6 Å². The van der Waals surface area contributed by atoms with Crippen LogP contribution in [0, 0.1) is 0 Å². The molecule has 2 aromatic carbocycles. The third-order valence-corrected chi connectivity index (χ3v) is 6.52. The summed E-state index contributed by atoms with van der Waals surface area (Å²) in [4.78, 5) is 33.1. The predicted molar refractivity (Wildman–Crippen MR) is 142 cm³/mol. The van der Waals surface area contributed by atoms with Gasteiger partial charge in [0.15, 0.2) is 0 Å². The molecular weight excluding hydrogens is 488 g/mol. The molecule has 3 aromatic heterocycles. The Bertz CT molecular complexity index is 1460. The van der Waals surface area contributed by atoms with E-state index in [1.807, 2.05) is 70.7 Å². The molecule has 0 aliphatic carbocycles. The van der Waals surface area contributed by atoms with Crippen LogP contribution in [0.4, 0.5) is 5.95 Å². The second-order valence-corrected chi connectivity index (χ2v) is 9.10. The summed E-state index contributed by atoms with van der Waals surface area (Å²) in [6, 6.07) is 24.2. The van der Waals surface area contributed by atoms with Crippen molar-refractivity contribution in [3.8, 4) is 22.7 Å². The number of carbonyl (C=O) groups is 2. The van der Waals surface area contributed by atoms with Gasteiger partial charge in [0.25, 0.3) is 5.91 Å². The lowest BCUT2D eigenvalue weighted by molar-refractivity contribution is -0.117. The van der Waals surface area contributed by atoms with Crippen LogP contribution in [-0.2, 0) is 11.3 Å². The van der Waals surface area contributed by atoms with Crippen LogP contribution in [0.2, 0.25) is 0 Å². The van der Waals surface area contributed by atoms with Crippen molar-refractivity contribution in [2.75, 3.05) is 19.0 Å². The normalized spacial score (nSPS) is 10.7. The van der Waals surface area contributed by atoms with E-state index in [-0.39, 0.29) is 24.9 Å². The number of thiophene rings is 1. The monoisotopic (exact) mass is 512 g/mol. The Labute approximate surface area is 217 Å². The first-order valence-corrected chi connectivity index (χ1v) is 12.4. The third-order valence-electron chi connectivity index (χ3n) is 5.66. The number of amides is 2. The molecule has 5 aromatic rings. The van der Waals surface area contributed by atoms with Crippen molar-refractivity contribution < 1.29 is 18.7 Å². The minimum Gasteiger partial charge on any atom is -0.497 e. The number of methoxy groups -OCH3 is 1. The fourth-order valence-electron chi connectivity index (χ4n) is 3.84. The fourth-order valence-corrected chi connectivity index (χ4v) is 4.53. The van der Waals surface area contributed by atoms with Crippen LogP contribution in [0.15, 0.2) is 101 Å². The van der Waals surface area contributed by atoms with Crippen molar-refractivity contribution in [3.63, 3.8) is 0 Å². The maximum atomic E-state index is 13.2. The Balaban J connectivity index is 1.41. The molecule has 0 unspecified atom stereocenters. The Hall–Kier alpha value is -4.63. The van der Waals surface area contributed by atoms with Crippen LogP contribution in [-0.4, -0.2) is 39.9 Å². The number of nitrogens with one attached hydrogen (secondary N) is 1. The summed E-state index contributed by atoms with van der Waals surface area (Å²) >= 11 is 1.33. The molecule has 3 heterocycles. The average molecular weight is 513 g/mol. The van der Waals surface area contributed by atoms with E-state index in [4.69, 9.17) is 14.1 Å². The molecule has 2 amide bonds. The van der Waals surface area contributed by atoms with E-state index < -0.39 is 0 Å². The van der Waals surface area contributed by atoms with Crippen LogP contribution in [0.25, 0.3) is 16.9 Å². The Morgan fingerprint density at radius 1 is 1.03 bits per heavy atom. The second kappa shape index (κ2) is 11.0.